The van der Waals surface area contributed by atoms with Gasteiger partial charge in [-0.3, -0.25) is 0 Å². The van der Waals surface area contributed by atoms with Gasteiger partial charge < -0.3 is 4.57 Å². The average molecular weight is 161 g/mol. The standard InChI is InChI=1S/C10H13N2/c1-11(2)8-10-6-5-9-4-3-7-12(9)10/h3-6,8H,7H2,1-2H3/q+1. The molecule has 2 heterocycles. The van der Waals surface area contributed by atoms with E-state index in [-0.39, 0.29) is 0 Å². The third-order valence-electron chi connectivity index (χ3n) is 2.02. The molecule has 0 radical (unpaired) electrons. The van der Waals surface area contributed by atoms with Crippen molar-refractivity contribution in [3.63, 3.8) is 0 Å². The Labute approximate surface area is 72.5 Å². The summed E-state index contributed by atoms with van der Waals surface area (Å²) in [6, 6.07) is 4.30. The highest BCUT2D eigenvalue weighted by molar-refractivity contribution is 5.75. The number of allylic oxidation sites excluding steroid dienone is 1. The van der Waals surface area contributed by atoms with E-state index in [0.717, 1.165) is 6.54 Å². The van der Waals surface area contributed by atoms with Crippen molar-refractivity contribution in [1.29, 1.82) is 0 Å². The minimum Gasteiger partial charge on any atom is -0.333 e. The summed E-state index contributed by atoms with van der Waals surface area (Å²) in [5, 5.41) is 0. The summed E-state index contributed by atoms with van der Waals surface area (Å²) in [6.45, 7) is 1.02. The Hall–Kier alpha value is -1.31. The van der Waals surface area contributed by atoms with Crippen molar-refractivity contribution in [2.24, 2.45) is 0 Å². The van der Waals surface area contributed by atoms with Crippen LogP contribution in [0.15, 0.2) is 18.2 Å². The van der Waals surface area contributed by atoms with Gasteiger partial charge in [0.25, 0.3) is 0 Å². The molecular weight excluding hydrogens is 148 g/mol. The Morgan fingerprint density at radius 2 is 2.25 bits per heavy atom. The van der Waals surface area contributed by atoms with Crippen LogP contribution in [0.3, 0.4) is 0 Å². The van der Waals surface area contributed by atoms with Gasteiger partial charge in [0, 0.05) is 12.2 Å². The van der Waals surface area contributed by atoms with Crippen molar-refractivity contribution in [2.75, 3.05) is 14.1 Å². The summed E-state index contributed by atoms with van der Waals surface area (Å²) in [5.41, 5.74) is 2.59. The largest absolute Gasteiger partial charge is 0.333 e. The van der Waals surface area contributed by atoms with Crippen LogP contribution in [0.1, 0.15) is 11.4 Å². The van der Waals surface area contributed by atoms with E-state index >= 15 is 0 Å². The fourth-order valence-electron chi connectivity index (χ4n) is 1.51. The SMILES string of the molecule is C[N+](C)=Cc1ccc2n1CC=C2. The van der Waals surface area contributed by atoms with E-state index in [0.29, 0.717) is 0 Å². The summed E-state index contributed by atoms with van der Waals surface area (Å²) in [7, 11) is 4.09. The van der Waals surface area contributed by atoms with Crippen LogP contribution in [-0.4, -0.2) is 29.5 Å². The zero-order chi connectivity index (χ0) is 8.55. The van der Waals surface area contributed by atoms with Crippen molar-refractivity contribution >= 4 is 12.3 Å². The van der Waals surface area contributed by atoms with Gasteiger partial charge >= 0.3 is 0 Å². The molecule has 2 rings (SSSR count). The minimum absolute atomic E-state index is 1.02. The number of fused-ring (bicyclic) bond motifs is 1. The highest BCUT2D eigenvalue weighted by atomic mass is 15.0. The molecule has 0 aliphatic carbocycles. The molecule has 2 nitrogen and oxygen atoms in total. The van der Waals surface area contributed by atoms with Crippen molar-refractivity contribution < 1.29 is 4.58 Å². The van der Waals surface area contributed by atoms with Crippen LogP contribution in [-0.2, 0) is 6.54 Å². The van der Waals surface area contributed by atoms with Crippen molar-refractivity contribution in [1.82, 2.24) is 4.57 Å². The zero-order valence-electron chi connectivity index (χ0n) is 7.49. The van der Waals surface area contributed by atoms with Gasteiger partial charge in [-0.05, 0) is 18.2 Å². The minimum atomic E-state index is 1.02. The lowest BCUT2D eigenvalue weighted by Gasteiger charge is -1.98. The highest BCUT2D eigenvalue weighted by Gasteiger charge is 2.08. The van der Waals surface area contributed by atoms with Crippen molar-refractivity contribution in [3.8, 4) is 0 Å². The van der Waals surface area contributed by atoms with Crippen molar-refractivity contribution in [3.05, 3.63) is 29.6 Å². The molecule has 0 saturated heterocycles. The quantitative estimate of drug-likeness (QED) is 0.432. The summed E-state index contributed by atoms with van der Waals surface area (Å²) in [6.07, 6.45) is 6.48. The number of aromatic nitrogens is 1. The zero-order valence-corrected chi connectivity index (χ0v) is 7.49. The predicted octanol–water partition coefficient (Wildman–Crippen LogP) is 1.21. The first-order chi connectivity index (χ1) is 5.77. The fraction of sp³-hybridized carbons (Fsp3) is 0.300. The molecule has 0 aromatic carbocycles. The Balaban J connectivity index is 2.43. The second-order valence-corrected chi connectivity index (χ2v) is 3.29. The second kappa shape index (κ2) is 2.63. The first kappa shape index (κ1) is 7.35. The number of hydrogen-bond donors (Lipinski definition) is 0. The Morgan fingerprint density at radius 3 is 3.00 bits per heavy atom. The van der Waals surface area contributed by atoms with Gasteiger partial charge in [-0.1, -0.05) is 6.08 Å². The van der Waals surface area contributed by atoms with E-state index in [1.807, 2.05) is 14.1 Å². The predicted molar refractivity (Wildman–Crippen MR) is 50.7 cm³/mol. The van der Waals surface area contributed by atoms with Crippen LogP contribution in [0, 0.1) is 0 Å². The topological polar surface area (TPSA) is 7.94 Å². The number of rotatable bonds is 1. The highest BCUT2D eigenvalue weighted by Crippen LogP contribution is 2.14. The van der Waals surface area contributed by atoms with Gasteiger partial charge in [0.15, 0.2) is 6.21 Å². The van der Waals surface area contributed by atoms with E-state index in [4.69, 9.17) is 0 Å². The molecule has 1 aliphatic heterocycles. The smallest absolute Gasteiger partial charge is 0.186 e. The average Bonchev–Trinajstić information content (AvgIpc) is 2.52. The molecule has 0 fully saturated rings. The monoisotopic (exact) mass is 161 g/mol. The maximum Gasteiger partial charge on any atom is 0.186 e. The molecule has 0 unspecified atom stereocenters. The Bertz CT molecular complexity index is 352. The first-order valence-electron chi connectivity index (χ1n) is 4.15. The molecule has 0 amide bonds. The molecular formula is C10H13N2+. The number of hydrogen-bond acceptors (Lipinski definition) is 0. The van der Waals surface area contributed by atoms with Gasteiger partial charge in [-0.2, -0.15) is 0 Å². The summed E-state index contributed by atoms with van der Waals surface area (Å²) < 4.78 is 4.36. The Morgan fingerprint density at radius 1 is 1.42 bits per heavy atom. The molecule has 2 heteroatoms. The molecule has 0 bridgehead atoms. The lowest BCUT2D eigenvalue weighted by Crippen LogP contribution is -2.05. The van der Waals surface area contributed by atoms with E-state index < -0.39 is 0 Å². The van der Waals surface area contributed by atoms with Gasteiger partial charge in [0.1, 0.15) is 19.8 Å². The van der Waals surface area contributed by atoms with Gasteiger partial charge in [0.05, 0.1) is 0 Å². The summed E-state index contributed by atoms with van der Waals surface area (Å²) in [4.78, 5) is 0. The molecule has 62 valence electrons. The van der Waals surface area contributed by atoms with Crippen LogP contribution < -0.4 is 0 Å². The van der Waals surface area contributed by atoms with E-state index in [2.05, 4.69) is 39.6 Å². The Kier molecular flexibility index (Phi) is 1.61. The maximum atomic E-state index is 2.29. The second-order valence-electron chi connectivity index (χ2n) is 3.29. The normalized spacial score (nSPS) is 13.2. The molecule has 0 saturated carbocycles. The maximum absolute atomic E-state index is 2.29. The van der Waals surface area contributed by atoms with E-state index in [1.165, 1.54) is 11.4 Å². The van der Waals surface area contributed by atoms with Gasteiger partial charge in [0.2, 0.25) is 0 Å². The third kappa shape index (κ3) is 1.09. The van der Waals surface area contributed by atoms with Crippen molar-refractivity contribution in [2.45, 2.75) is 6.54 Å². The first-order valence-corrected chi connectivity index (χ1v) is 4.15. The number of nitrogens with zero attached hydrogens (tertiary/aromatic N) is 2. The van der Waals surface area contributed by atoms with Gasteiger partial charge in [-0.25, -0.2) is 4.58 Å². The van der Waals surface area contributed by atoms with Crippen LogP contribution in [0.5, 0.6) is 0 Å². The molecule has 1 aliphatic rings. The van der Waals surface area contributed by atoms with Crippen LogP contribution in [0.25, 0.3) is 6.08 Å². The third-order valence-corrected chi connectivity index (χ3v) is 2.02. The molecule has 0 spiro atoms. The molecule has 1 aromatic rings. The lowest BCUT2D eigenvalue weighted by atomic mass is 10.4. The molecule has 0 atom stereocenters. The van der Waals surface area contributed by atoms with Crippen LogP contribution in [0.2, 0.25) is 0 Å². The van der Waals surface area contributed by atoms with E-state index in [1.54, 1.807) is 0 Å². The summed E-state index contributed by atoms with van der Waals surface area (Å²) >= 11 is 0. The van der Waals surface area contributed by atoms with Gasteiger partial charge in [-0.15, -0.1) is 0 Å². The molecule has 1 aromatic heterocycles. The van der Waals surface area contributed by atoms with Crippen LogP contribution in [0.4, 0.5) is 0 Å². The molecule has 12 heavy (non-hydrogen) atoms. The summed E-state index contributed by atoms with van der Waals surface area (Å²) in [5.74, 6) is 0. The fourth-order valence-corrected chi connectivity index (χ4v) is 1.51. The lowest BCUT2D eigenvalue weighted by molar-refractivity contribution is -0.459. The van der Waals surface area contributed by atoms with E-state index in [9.17, 15) is 0 Å². The van der Waals surface area contributed by atoms with Crippen LogP contribution >= 0.6 is 0 Å². The molecule has 0 N–H and O–H groups in total.